The molecule has 1 unspecified atom stereocenters. The van der Waals surface area contributed by atoms with Gasteiger partial charge in [0.15, 0.2) is 5.78 Å². The predicted octanol–water partition coefficient (Wildman–Crippen LogP) is 4.70. The quantitative estimate of drug-likeness (QED) is 0.541. The summed E-state index contributed by atoms with van der Waals surface area (Å²) >= 11 is 0. The molecule has 1 atom stereocenters. The lowest BCUT2D eigenvalue weighted by Gasteiger charge is -2.22. The Morgan fingerprint density at radius 2 is 1.56 bits per heavy atom. The third kappa shape index (κ3) is 5.27. The van der Waals surface area contributed by atoms with Crippen LogP contribution in [-0.4, -0.2) is 30.3 Å². The Bertz CT molecular complexity index is 712. The van der Waals surface area contributed by atoms with Crippen LogP contribution in [0.3, 0.4) is 0 Å². The Morgan fingerprint density at radius 3 is 2.24 bits per heavy atom. The Labute approximate surface area is 150 Å². The van der Waals surface area contributed by atoms with Gasteiger partial charge in [0.25, 0.3) is 0 Å². The predicted molar refractivity (Wildman–Crippen MR) is 104 cm³/mol. The topological polar surface area (TPSA) is 20.3 Å². The average molecular weight is 331 g/mol. The number of hydrogen-bond acceptors (Lipinski definition) is 2. The number of ketones is 1. The highest BCUT2D eigenvalue weighted by Crippen LogP contribution is 2.21. The summed E-state index contributed by atoms with van der Waals surface area (Å²) in [5.74, 6) is 0.0940. The summed E-state index contributed by atoms with van der Waals surface area (Å²) in [6.45, 7) is 3.03. The molecule has 1 saturated heterocycles. The van der Waals surface area contributed by atoms with Crippen LogP contribution < -0.4 is 0 Å². The van der Waals surface area contributed by atoms with Crippen molar-refractivity contribution < 1.29 is 4.79 Å². The smallest absolute Gasteiger partial charge is 0.164 e. The fourth-order valence-electron chi connectivity index (χ4n) is 3.27. The highest BCUT2D eigenvalue weighted by Gasteiger charge is 2.23. The largest absolute Gasteiger partial charge is 0.302 e. The number of carbonyl (C=O) groups is 1. The van der Waals surface area contributed by atoms with Crippen LogP contribution in [0.5, 0.6) is 0 Å². The molecule has 3 rings (SSSR count). The first kappa shape index (κ1) is 17.4. The second kappa shape index (κ2) is 9.14. The number of allylic oxidation sites excluding steroid dienone is 3. The van der Waals surface area contributed by atoms with Crippen LogP contribution >= 0.6 is 0 Å². The summed E-state index contributed by atoms with van der Waals surface area (Å²) in [4.78, 5) is 15.2. The van der Waals surface area contributed by atoms with E-state index in [1.165, 1.54) is 12.8 Å². The molecule has 0 spiro atoms. The molecule has 2 nitrogen and oxygen atoms in total. The minimum Gasteiger partial charge on any atom is -0.302 e. The second-order valence-corrected chi connectivity index (χ2v) is 6.50. The molecule has 1 fully saturated rings. The lowest BCUT2D eigenvalue weighted by Crippen LogP contribution is -2.29. The van der Waals surface area contributed by atoms with Gasteiger partial charge >= 0.3 is 0 Å². The van der Waals surface area contributed by atoms with Crippen molar-refractivity contribution >= 4 is 11.9 Å². The van der Waals surface area contributed by atoms with Crippen LogP contribution in [0, 0.1) is 0 Å². The van der Waals surface area contributed by atoms with Gasteiger partial charge in [0.05, 0.1) is 5.92 Å². The van der Waals surface area contributed by atoms with E-state index in [2.05, 4.69) is 17.0 Å². The molecule has 0 aromatic heterocycles. The molecule has 2 aromatic carbocycles. The molecule has 0 aliphatic carbocycles. The minimum atomic E-state index is -0.0827. The lowest BCUT2D eigenvalue weighted by molar-refractivity contribution is -0.116. The molecule has 0 bridgehead atoms. The van der Waals surface area contributed by atoms with Crippen LogP contribution in [0.25, 0.3) is 6.08 Å². The van der Waals surface area contributed by atoms with Crippen molar-refractivity contribution in [2.75, 3.05) is 19.6 Å². The zero-order valence-electron chi connectivity index (χ0n) is 14.6. The maximum Gasteiger partial charge on any atom is 0.164 e. The number of nitrogens with zero attached hydrogens (tertiary/aromatic N) is 1. The van der Waals surface area contributed by atoms with Crippen molar-refractivity contribution in [3.63, 3.8) is 0 Å². The van der Waals surface area contributed by atoms with Gasteiger partial charge < -0.3 is 4.90 Å². The van der Waals surface area contributed by atoms with Crippen molar-refractivity contribution in [2.24, 2.45) is 0 Å². The zero-order chi connectivity index (χ0) is 17.3. The van der Waals surface area contributed by atoms with Gasteiger partial charge in [0, 0.05) is 6.54 Å². The van der Waals surface area contributed by atoms with Crippen LogP contribution in [0.4, 0.5) is 0 Å². The molecular formula is C23H25NO. The van der Waals surface area contributed by atoms with Crippen LogP contribution in [0.2, 0.25) is 0 Å². The van der Waals surface area contributed by atoms with Gasteiger partial charge in [0.1, 0.15) is 0 Å². The van der Waals surface area contributed by atoms with E-state index in [1.807, 2.05) is 66.8 Å². The molecule has 25 heavy (non-hydrogen) atoms. The highest BCUT2D eigenvalue weighted by molar-refractivity contribution is 5.96. The molecule has 1 heterocycles. The molecule has 0 radical (unpaired) electrons. The van der Waals surface area contributed by atoms with E-state index >= 15 is 0 Å². The van der Waals surface area contributed by atoms with Crippen molar-refractivity contribution in [2.45, 2.75) is 18.8 Å². The fraction of sp³-hybridized carbons (Fsp3) is 0.261. The van der Waals surface area contributed by atoms with Gasteiger partial charge in [-0.3, -0.25) is 4.79 Å². The first-order valence-corrected chi connectivity index (χ1v) is 9.04. The third-order valence-electron chi connectivity index (χ3n) is 4.64. The van der Waals surface area contributed by atoms with E-state index < -0.39 is 0 Å². The van der Waals surface area contributed by atoms with E-state index in [1.54, 1.807) is 6.08 Å². The SMILES string of the molecule is O=C(C=CC=Cc1ccccc1)C(CN1CCCC1)c1ccccc1. The van der Waals surface area contributed by atoms with Crippen molar-refractivity contribution in [1.82, 2.24) is 4.90 Å². The van der Waals surface area contributed by atoms with Gasteiger partial charge in [-0.2, -0.15) is 0 Å². The monoisotopic (exact) mass is 331 g/mol. The van der Waals surface area contributed by atoms with Gasteiger partial charge in [-0.25, -0.2) is 0 Å². The van der Waals surface area contributed by atoms with Gasteiger partial charge in [-0.1, -0.05) is 78.9 Å². The van der Waals surface area contributed by atoms with E-state index in [9.17, 15) is 4.79 Å². The summed E-state index contributed by atoms with van der Waals surface area (Å²) in [7, 11) is 0. The second-order valence-electron chi connectivity index (χ2n) is 6.50. The molecular weight excluding hydrogens is 306 g/mol. The van der Waals surface area contributed by atoms with Gasteiger partial charge in [-0.05, 0) is 43.1 Å². The molecule has 0 N–H and O–H groups in total. The number of rotatable bonds is 7. The normalized spacial score (nSPS) is 16.6. The Balaban J connectivity index is 1.67. The van der Waals surface area contributed by atoms with Gasteiger partial charge in [0.2, 0.25) is 0 Å². The maximum atomic E-state index is 12.8. The molecule has 1 aliphatic rings. The molecule has 0 amide bonds. The number of carbonyl (C=O) groups excluding carboxylic acids is 1. The number of likely N-dealkylation sites (tertiary alicyclic amines) is 1. The Morgan fingerprint density at radius 1 is 0.920 bits per heavy atom. The minimum absolute atomic E-state index is 0.0827. The van der Waals surface area contributed by atoms with Crippen molar-refractivity contribution in [3.05, 3.63) is 90.0 Å². The summed E-state index contributed by atoms with van der Waals surface area (Å²) in [6.07, 6.45) is 10.0. The Kier molecular flexibility index (Phi) is 6.35. The summed E-state index contributed by atoms with van der Waals surface area (Å²) in [6, 6.07) is 20.3. The highest BCUT2D eigenvalue weighted by atomic mass is 16.1. The summed E-state index contributed by atoms with van der Waals surface area (Å²) in [5, 5.41) is 0. The molecule has 0 saturated carbocycles. The Hall–Kier alpha value is -2.45. The standard InChI is InChI=1S/C23H25NO/c25-23(16-8-7-13-20-11-3-1-4-12-20)22(19-24-17-9-10-18-24)21-14-5-2-6-15-21/h1-8,11-16,22H,9-10,17-19H2. The lowest BCUT2D eigenvalue weighted by atomic mass is 9.93. The van der Waals surface area contributed by atoms with E-state index in [0.29, 0.717) is 0 Å². The van der Waals surface area contributed by atoms with Gasteiger partial charge in [-0.15, -0.1) is 0 Å². The fourth-order valence-corrected chi connectivity index (χ4v) is 3.27. The van der Waals surface area contributed by atoms with E-state index in [-0.39, 0.29) is 11.7 Å². The van der Waals surface area contributed by atoms with E-state index in [4.69, 9.17) is 0 Å². The number of benzene rings is 2. The average Bonchev–Trinajstić information content (AvgIpc) is 3.18. The van der Waals surface area contributed by atoms with Crippen molar-refractivity contribution in [3.8, 4) is 0 Å². The molecule has 2 aromatic rings. The summed E-state index contributed by atoms with van der Waals surface area (Å²) < 4.78 is 0. The summed E-state index contributed by atoms with van der Waals surface area (Å²) in [5.41, 5.74) is 2.24. The maximum absolute atomic E-state index is 12.8. The molecule has 1 aliphatic heterocycles. The zero-order valence-corrected chi connectivity index (χ0v) is 14.6. The number of hydrogen-bond donors (Lipinski definition) is 0. The molecule has 128 valence electrons. The van der Waals surface area contributed by atoms with Crippen molar-refractivity contribution in [1.29, 1.82) is 0 Å². The van der Waals surface area contributed by atoms with Crippen LogP contribution in [0.1, 0.15) is 29.9 Å². The van der Waals surface area contributed by atoms with E-state index in [0.717, 1.165) is 30.8 Å². The van der Waals surface area contributed by atoms with Crippen LogP contribution in [-0.2, 0) is 4.79 Å². The third-order valence-corrected chi connectivity index (χ3v) is 4.64. The van der Waals surface area contributed by atoms with Crippen LogP contribution in [0.15, 0.2) is 78.9 Å². The first-order chi connectivity index (χ1) is 12.3. The molecule has 2 heteroatoms. The first-order valence-electron chi connectivity index (χ1n) is 9.04.